The van der Waals surface area contributed by atoms with Crippen LogP contribution in [0.3, 0.4) is 0 Å². The third kappa shape index (κ3) is 2.67. The summed E-state index contributed by atoms with van der Waals surface area (Å²) in [7, 11) is 0. The van der Waals surface area contributed by atoms with Crippen molar-refractivity contribution in [2.24, 2.45) is 0 Å². The highest BCUT2D eigenvalue weighted by Crippen LogP contribution is 2.34. The Bertz CT molecular complexity index is 399. The smallest absolute Gasteiger partial charge is 0.119 e. The molecule has 3 rings (SSSR count). The lowest BCUT2D eigenvalue weighted by Gasteiger charge is -2.42. The molecule has 2 fully saturated rings. The molecule has 0 N–H and O–H groups in total. The molecular weight excluding hydrogens is 337 g/mol. The monoisotopic (exact) mass is 357 g/mol. The molecule has 1 atom stereocenters. The van der Waals surface area contributed by atoms with E-state index in [1.165, 1.54) is 35.8 Å². The van der Waals surface area contributed by atoms with E-state index in [-0.39, 0.29) is 0 Å². The Labute approximate surface area is 123 Å². The molecular formula is C15H20INO. The predicted molar refractivity (Wildman–Crippen MR) is 82.0 cm³/mol. The first kappa shape index (κ1) is 12.7. The second-order valence-corrected chi connectivity index (χ2v) is 6.79. The maximum absolute atomic E-state index is 6.00. The summed E-state index contributed by atoms with van der Waals surface area (Å²) >= 11 is 2.32. The van der Waals surface area contributed by atoms with E-state index in [0.717, 1.165) is 17.8 Å². The van der Waals surface area contributed by atoms with E-state index in [1.807, 2.05) is 0 Å². The molecule has 0 radical (unpaired) electrons. The first-order chi connectivity index (χ1) is 8.72. The van der Waals surface area contributed by atoms with Crippen molar-refractivity contribution in [1.29, 1.82) is 0 Å². The highest BCUT2D eigenvalue weighted by molar-refractivity contribution is 14.1. The number of hydrogen-bond donors (Lipinski definition) is 0. The van der Waals surface area contributed by atoms with Gasteiger partial charge in [-0.15, -0.1) is 0 Å². The fourth-order valence-electron chi connectivity index (χ4n) is 3.11. The van der Waals surface area contributed by atoms with Crippen molar-refractivity contribution in [3.05, 3.63) is 27.8 Å². The van der Waals surface area contributed by atoms with E-state index in [9.17, 15) is 0 Å². The van der Waals surface area contributed by atoms with Gasteiger partial charge in [-0.05, 0) is 73.2 Å². The summed E-state index contributed by atoms with van der Waals surface area (Å²) in [5.41, 5.74) is 0. The van der Waals surface area contributed by atoms with Gasteiger partial charge in [0.1, 0.15) is 11.9 Å². The summed E-state index contributed by atoms with van der Waals surface area (Å²) in [6.45, 7) is 3.66. The maximum atomic E-state index is 6.00. The van der Waals surface area contributed by atoms with Crippen molar-refractivity contribution in [2.75, 3.05) is 6.54 Å². The summed E-state index contributed by atoms with van der Waals surface area (Å²) in [5, 5.41) is 0. The van der Waals surface area contributed by atoms with Gasteiger partial charge in [-0.1, -0.05) is 0 Å². The molecule has 1 aliphatic heterocycles. The third-order valence-corrected chi connectivity index (χ3v) is 4.98. The van der Waals surface area contributed by atoms with Crippen LogP contribution in [0.25, 0.3) is 0 Å². The SMILES string of the molecule is CC1CCCN1[C@H]1C[C@H](Oc2ccc(I)cc2)C1. The van der Waals surface area contributed by atoms with Crippen LogP contribution in [-0.2, 0) is 0 Å². The Morgan fingerprint density at radius 1 is 1.22 bits per heavy atom. The van der Waals surface area contributed by atoms with Gasteiger partial charge < -0.3 is 4.74 Å². The van der Waals surface area contributed by atoms with E-state index in [4.69, 9.17) is 4.74 Å². The fourth-order valence-corrected chi connectivity index (χ4v) is 3.47. The van der Waals surface area contributed by atoms with Gasteiger partial charge >= 0.3 is 0 Å². The van der Waals surface area contributed by atoms with Gasteiger partial charge in [0.15, 0.2) is 0 Å². The van der Waals surface area contributed by atoms with Gasteiger partial charge in [0, 0.05) is 28.5 Å². The fraction of sp³-hybridized carbons (Fsp3) is 0.600. The minimum atomic E-state index is 0.433. The second-order valence-electron chi connectivity index (χ2n) is 5.55. The highest BCUT2D eigenvalue weighted by atomic mass is 127. The Kier molecular flexibility index (Phi) is 3.80. The number of hydrogen-bond acceptors (Lipinski definition) is 2. The third-order valence-electron chi connectivity index (χ3n) is 4.26. The van der Waals surface area contributed by atoms with Crippen LogP contribution < -0.4 is 4.74 Å². The molecule has 0 spiro atoms. The first-order valence-corrected chi connectivity index (χ1v) is 7.98. The molecule has 1 heterocycles. The molecule has 2 nitrogen and oxygen atoms in total. The Morgan fingerprint density at radius 2 is 1.94 bits per heavy atom. The molecule has 1 saturated heterocycles. The number of ether oxygens (including phenoxy) is 1. The van der Waals surface area contributed by atoms with Crippen molar-refractivity contribution < 1.29 is 4.74 Å². The van der Waals surface area contributed by atoms with Crippen LogP contribution in [0.5, 0.6) is 5.75 Å². The van der Waals surface area contributed by atoms with Gasteiger partial charge in [0.2, 0.25) is 0 Å². The Balaban J connectivity index is 1.49. The Morgan fingerprint density at radius 3 is 2.56 bits per heavy atom. The van der Waals surface area contributed by atoms with Gasteiger partial charge in [-0.3, -0.25) is 4.90 Å². The topological polar surface area (TPSA) is 12.5 Å². The minimum Gasteiger partial charge on any atom is -0.490 e. The lowest BCUT2D eigenvalue weighted by atomic mass is 9.87. The average molecular weight is 357 g/mol. The molecule has 2 aliphatic rings. The maximum Gasteiger partial charge on any atom is 0.119 e. The molecule has 0 aromatic heterocycles. The molecule has 1 aliphatic carbocycles. The van der Waals surface area contributed by atoms with Gasteiger partial charge in [-0.25, -0.2) is 0 Å². The Hall–Kier alpha value is -0.290. The standard InChI is InChI=1S/C15H20INO/c1-11-3-2-8-17(11)13-9-15(10-13)18-14-6-4-12(16)5-7-14/h4-7,11,13,15H,2-3,8-10H2,1H3/t11?,13-,15-. The van der Waals surface area contributed by atoms with Crippen LogP contribution in [0.2, 0.25) is 0 Å². The summed E-state index contributed by atoms with van der Waals surface area (Å²) in [6.07, 6.45) is 5.59. The van der Waals surface area contributed by atoms with E-state index in [2.05, 4.69) is 58.7 Å². The zero-order valence-electron chi connectivity index (χ0n) is 10.8. The van der Waals surface area contributed by atoms with Crippen molar-refractivity contribution in [3.8, 4) is 5.75 Å². The lowest BCUT2D eigenvalue weighted by molar-refractivity contribution is 0.0141. The summed E-state index contributed by atoms with van der Waals surface area (Å²) in [4.78, 5) is 2.67. The first-order valence-electron chi connectivity index (χ1n) is 6.90. The second kappa shape index (κ2) is 5.37. The minimum absolute atomic E-state index is 0.433. The van der Waals surface area contributed by atoms with Crippen LogP contribution in [0.15, 0.2) is 24.3 Å². The normalized spacial score (nSPS) is 32.2. The van der Waals surface area contributed by atoms with Gasteiger partial charge in [-0.2, -0.15) is 0 Å². The van der Waals surface area contributed by atoms with Crippen LogP contribution in [-0.4, -0.2) is 29.6 Å². The van der Waals surface area contributed by atoms with Crippen LogP contribution >= 0.6 is 22.6 Å². The highest BCUT2D eigenvalue weighted by Gasteiger charge is 2.38. The van der Waals surface area contributed by atoms with Crippen LogP contribution in [0.1, 0.15) is 32.6 Å². The number of rotatable bonds is 3. The molecule has 0 bridgehead atoms. The van der Waals surface area contributed by atoms with E-state index >= 15 is 0 Å². The summed E-state index contributed by atoms with van der Waals surface area (Å²) < 4.78 is 7.26. The number of nitrogens with zero attached hydrogens (tertiary/aromatic N) is 1. The zero-order valence-corrected chi connectivity index (χ0v) is 13.0. The number of benzene rings is 1. The van der Waals surface area contributed by atoms with Crippen LogP contribution in [0.4, 0.5) is 0 Å². The zero-order chi connectivity index (χ0) is 12.5. The number of likely N-dealkylation sites (tertiary alicyclic amines) is 1. The van der Waals surface area contributed by atoms with E-state index < -0.39 is 0 Å². The largest absolute Gasteiger partial charge is 0.490 e. The number of halogens is 1. The molecule has 1 unspecified atom stereocenters. The van der Waals surface area contributed by atoms with Crippen LogP contribution in [0, 0.1) is 3.57 Å². The molecule has 18 heavy (non-hydrogen) atoms. The summed E-state index contributed by atoms with van der Waals surface area (Å²) in [6, 6.07) is 9.93. The quantitative estimate of drug-likeness (QED) is 0.766. The van der Waals surface area contributed by atoms with Crippen molar-refractivity contribution >= 4 is 22.6 Å². The van der Waals surface area contributed by atoms with E-state index in [1.54, 1.807) is 0 Å². The van der Waals surface area contributed by atoms with Crippen molar-refractivity contribution in [2.45, 2.75) is 50.8 Å². The van der Waals surface area contributed by atoms with Gasteiger partial charge in [0.25, 0.3) is 0 Å². The molecule has 1 saturated carbocycles. The average Bonchev–Trinajstić information content (AvgIpc) is 2.72. The molecule has 3 heteroatoms. The van der Waals surface area contributed by atoms with Gasteiger partial charge in [0.05, 0.1) is 0 Å². The molecule has 98 valence electrons. The van der Waals surface area contributed by atoms with Crippen molar-refractivity contribution in [3.63, 3.8) is 0 Å². The van der Waals surface area contributed by atoms with E-state index in [0.29, 0.717) is 6.10 Å². The summed E-state index contributed by atoms with van der Waals surface area (Å²) in [5.74, 6) is 1.02. The van der Waals surface area contributed by atoms with Crippen molar-refractivity contribution in [1.82, 2.24) is 4.90 Å². The molecule has 1 aromatic carbocycles. The lowest BCUT2D eigenvalue weighted by Crippen LogP contribution is -2.50. The molecule has 0 amide bonds. The predicted octanol–water partition coefficient (Wildman–Crippen LogP) is 3.69. The molecule has 1 aromatic rings.